The van der Waals surface area contributed by atoms with Crippen molar-refractivity contribution in [2.75, 3.05) is 18.5 Å². The second-order valence-electron chi connectivity index (χ2n) is 7.64. The summed E-state index contributed by atoms with van der Waals surface area (Å²) in [5.41, 5.74) is 2.00. The number of esters is 1. The van der Waals surface area contributed by atoms with Crippen LogP contribution < -0.4 is 10.1 Å². The van der Waals surface area contributed by atoms with Crippen molar-refractivity contribution in [2.45, 2.75) is 65.2 Å². The van der Waals surface area contributed by atoms with Crippen LogP contribution in [0.3, 0.4) is 0 Å². The molecule has 0 fully saturated rings. The molecule has 168 valence electrons. The maximum atomic E-state index is 13.2. The number of unbranched alkanes of at least 4 members (excludes halogenated alkanes) is 3. The third kappa shape index (κ3) is 6.10. The zero-order valence-corrected chi connectivity index (χ0v) is 20.6. The van der Waals surface area contributed by atoms with Crippen molar-refractivity contribution in [1.82, 2.24) is 0 Å². The van der Waals surface area contributed by atoms with Crippen LogP contribution in [0.25, 0.3) is 0 Å². The lowest BCUT2D eigenvalue weighted by molar-refractivity contribution is 0.0526. The molecule has 1 aliphatic carbocycles. The fourth-order valence-electron chi connectivity index (χ4n) is 3.76. The van der Waals surface area contributed by atoms with Crippen LogP contribution in [0.2, 0.25) is 0 Å². The molecule has 2 aromatic rings. The van der Waals surface area contributed by atoms with Crippen LogP contribution in [0.5, 0.6) is 5.75 Å². The normalized spacial score (nSPS) is 12.9. The molecule has 1 aliphatic rings. The minimum Gasteiger partial charge on any atom is -0.493 e. The Labute approximate surface area is 196 Å². The zero-order chi connectivity index (χ0) is 22.2. The molecule has 0 aliphatic heterocycles. The smallest absolute Gasteiger partial charge is 0.341 e. The van der Waals surface area contributed by atoms with Crippen LogP contribution in [0.4, 0.5) is 5.00 Å². The van der Waals surface area contributed by atoms with E-state index in [1.54, 1.807) is 13.0 Å². The highest BCUT2D eigenvalue weighted by Gasteiger charge is 2.28. The molecule has 0 atom stereocenters. The highest BCUT2D eigenvalue weighted by molar-refractivity contribution is 9.10. The standard InChI is InChI=1S/C24H30BrNO4S/c1-3-5-6-9-14-30-19-13-12-16(25)15-18(19)22(27)26-23-21(24(28)29-4-2)17-10-7-8-11-20(17)31-23/h12-13,15H,3-11,14H2,1-2H3,(H,26,27). The third-order valence-electron chi connectivity index (χ3n) is 5.32. The van der Waals surface area contributed by atoms with Crippen LogP contribution in [0, 0.1) is 0 Å². The molecule has 31 heavy (non-hydrogen) atoms. The van der Waals surface area contributed by atoms with Gasteiger partial charge < -0.3 is 14.8 Å². The first-order valence-corrected chi connectivity index (χ1v) is 12.7. The predicted octanol–water partition coefficient (Wildman–Crippen LogP) is 6.78. The van der Waals surface area contributed by atoms with E-state index in [0.29, 0.717) is 35.1 Å². The number of hydrogen-bond acceptors (Lipinski definition) is 5. The molecule has 0 bridgehead atoms. The topological polar surface area (TPSA) is 64.6 Å². The lowest BCUT2D eigenvalue weighted by atomic mass is 9.95. The van der Waals surface area contributed by atoms with Crippen molar-refractivity contribution < 1.29 is 19.1 Å². The number of hydrogen-bond donors (Lipinski definition) is 1. The molecule has 7 heteroatoms. The SMILES string of the molecule is CCCCCCOc1ccc(Br)cc1C(=O)Nc1sc2c(c1C(=O)OCC)CCCC2. The molecule has 0 unspecified atom stereocenters. The summed E-state index contributed by atoms with van der Waals surface area (Å²) < 4.78 is 12.0. The van der Waals surface area contributed by atoms with E-state index in [1.807, 2.05) is 12.1 Å². The van der Waals surface area contributed by atoms with Gasteiger partial charge in [-0.05, 0) is 62.8 Å². The Morgan fingerprint density at radius 1 is 1.13 bits per heavy atom. The Bertz CT molecular complexity index is 925. The van der Waals surface area contributed by atoms with E-state index < -0.39 is 0 Å². The lowest BCUT2D eigenvalue weighted by Crippen LogP contribution is -2.17. The summed E-state index contributed by atoms with van der Waals surface area (Å²) in [5, 5.41) is 3.55. The minimum atomic E-state index is -0.362. The number of ether oxygens (including phenoxy) is 2. The molecule has 1 aromatic heterocycles. The lowest BCUT2D eigenvalue weighted by Gasteiger charge is -2.13. The third-order valence-corrected chi connectivity index (χ3v) is 7.02. The number of carbonyl (C=O) groups excluding carboxylic acids is 2. The van der Waals surface area contributed by atoms with Crippen LogP contribution in [-0.2, 0) is 17.6 Å². The second-order valence-corrected chi connectivity index (χ2v) is 9.66. The molecule has 0 radical (unpaired) electrons. The quantitative estimate of drug-likeness (QED) is 0.284. The van der Waals surface area contributed by atoms with Crippen LogP contribution in [0.1, 0.15) is 83.5 Å². The Morgan fingerprint density at radius 2 is 1.94 bits per heavy atom. The molecule has 1 N–H and O–H groups in total. The first-order chi connectivity index (χ1) is 15.0. The first kappa shape index (κ1) is 23.8. The summed E-state index contributed by atoms with van der Waals surface area (Å²) >= 11 is 4.94. The summed E-state index contributed by atoms with van der Waals surface area (Å²) in [6.07, 6.45) is 8.34. The van der Waals surface area contributed by atoms with E-state index in [0.717, 1.165) is 48.6 Å². The molecule has 1 aromatic carbocycles. The van der Waals surface area contributed by atoms with Crippen LogP contribution >= 0.6 is 27.3 Å². The monoisotopic (exact) mass is 507 g/mol. The van der Waals surface area contributed by atoms with Gasteiger partial charge in [0.25, 0.3) is 5.91 Å². The van der Waals surface area contributed by atoms with E-state index in [-0.39, 0.29) is 11.9 Å². The van der Waals surface area contributed by atoms with Gasteiger partial charge in [-0.2, -0.15) is 0 Å². The number of anilines is 1. The van der Waals surface area contributed by atoms with Crippen LogP contribution in [0.15, 0.2) is 22.7 Å². The van der Waals surface area contributed by atoms with Crippen molar-refractivity contribution in [2.24, 2.45) is 0 Å². The maximum absolute atomic E-state index is 13.2. The largest absolute Gasteiger partial charge is 0.493 e. The van der Waals surface area contributed by atoms with Crippen molar-refractivity contribution in [3.05, 3.63) is 44.2 Å². The minimum absolute atomic E-state index is 0.283. The predicted molar refractivity (Wildman–Crippen MR) is 129 cm³/mol. The molecule has 0 saturated heterocycles. The zero-order valence-electron chi connectivity index (χ0n) is 18.2. The van der Waals surface area contributed by atoms with E-state index in [9.17, 15) is 9.59 Å². The molecule has 3 rings (SSSR count). The number of carbonyl (C=O) groups is 2. The Balaban J connectivity index is 1.82. The highest BCUT2D eigenvalue weighted by Crippen LogP contribution is 2.39. The summed E-state index contributed by atoms with van der Waals surface area (Å²) in [5.74, 6) is -0.0935. The summed E-state index contributed by atoms with van der Waals surface area (Å²) in [6, 6.07) is 5.44. The van der Waals surface area contributed by atoms with Gasteiger partial charge in [-0.3, -0.25) is 4.79 Å². The van der Waals surface area contributed by atoms with Gasteiger partial charge in [-0.25, -0.2) is 4.79 Å². The molecular weight excluding hydrogens is 478 g/mol. The summed E-state index contributed by atoms with van der Waals surface area (Å²) in [4.78, 5) is 27.0. The molecule has 1 amide bonds. The molecule has 5 nitrogen and oxygen atoms in total. The van der Waals surface area contributed by atoms with Gasteiger partial charge in [0.05, 0.1) is 24.3 Å². The number of benzene rings is 1. The molecule has 1 heterocycles. The maximum Gasteiger partial charge on any atom is 0.341 e. The Morgan fingerprint density at radius 3 is 2.71 bits per heavy atom. The van der Waals surface area contributed by atoms with Crippen molar-refractivity contribution in [1.29, 1.82) is 0 Å². The number of amides is 1. The first-order valence-electron chi connectivity index (χ1n) is 11.1. The van der Waals surface area contributed by atoms with Crippen molar-refractivity contribution >= 4 is 44.1 Å². The van der Waals surface area contributed by atoms with Gasteiger partial charge in [0.2, 0.25) is 0 Å². The summed E-state index contributed by atoms with van der Waals surface area (Å²) in [6.45, 7) is 4.84. The van der Waals surface area contributed by atoms with Gasteiger partial charge in [0.15, 0.2) is 0 Å². The fraction of sp³-hybridized carbons (Fsp3) is 0.500. The van der Waals surface area contributed by atoms with E-state index >= 15 is 0 Å². The number of fused-ring (bicyclic) bond motifs is 1. The van der Waals surface area contributed by atoms with Gasteiger partial charge >= 0.3 is 5.97 Å². The number of thiophene rings is 1. The number of rotatable bonds is 10. The van der Waals surface area contributed by atoms with Gasteiger partial charge in [0.1, 0.15) is 10.8 Å². The van der Waals surface area contributed by atoms with Gasteiger partial charge in [0, 0.05) is 9.35 Å². The average Bonchev–Trinajstić information content (AvgIpc) is 3.12. The molecule has 0 spiro atoms. The summed E-state index contributed by atoms with van der Waals surface area (Å²) in [7, 11) is 0. The Hall–Kier alpha value is -1.86. The highest BCUT2D eigenvalue weighted by atomic mass is 79.9. The number of halogens is 1. The van der Waals surface area contributed by atoms with Crippen molar-refractivity contribution in [3.8, 4) is 5.75 Å². The van der Waals surface area contributed by atoms with Gasteiger partial charge in [-0.1, -0.05) is 42.1 Å². The second kappa shape index (κ2) is 11.7. The van der Waals surface area contributed by atoms with E-state index in [2.05, 4.69) is 28.2 Å². The van der Waals surface area contributed by atoms with E-state index in [1.165, 1.54) is 29.1 Å². The van der Waals surface area contributed by atoms with E-state index in [4.69, 9.17) is 9.47 Å². The number of aryl methyl sites for hydroxylation is 1. The number of nitrogens with one attached hydrogen (secondary N) is 1. The average molecular weight is 508 g/mol. The Kier molecular flexibility index (Phi) is 8.96. The molecular formula is C24H30BrNO4S. The van der Waals surface area contributed by atoms with Gasteiger partial charge in [-0.15, -0.1) is 11.3 Å². The fourth-order valence-corrected chi connectivity index (χ4v) is 5.39. The van der Waals surface area contributed by atoms with Crippen molar-refractivity contribution in [3.63, 3.8) is 0 Å². The van der Waals surface area contributed by atoms with Crippen LogP contribution in [-0.4, -0.2) is 25.1 Å². The molecule has 0 saturated carbocycles.